The summed E-state index contributed by atoms with van der Waals surface area (Å²) in [4.78, 5) is 4.77. The number of hydrogen-bond donors (Lipinski definition) is 0. The van der Waals surface area contributed by atoms with Crippen LogP contribution < -0.4 is 0 Å². The normalized spacial score (nSPS) is 10.6. The number of nitrogens with zero attached hydrogens (tertiary/aromatic N) is 1. The molecule has 1 heterocycles. The van der Waals surface area contributed by atoms with Gasteiger partial charge in [-0.1, -0.05) is 36.7 Å². The molecule has 0 amide bonds. The van der Waals surface area contributed by atoms with Gasteiger partial charge in [0.05, 0.1) is 5.02 Å². The highest BCUT2D eigenvalue weighted by Crippen LogP contribution is 2.31. The molecule has 2 rings (SSSR count). The molecular weight excluding hydrogens is 277 g/mol. The Kier molecular flexibility index (Phi) is 3.12. The summed E-state index contributed by atoms with van der Waals surface area (Å²) in [6.45, 7) is 2.02. The second kappa shape index (κ2) is 4.37. The third-order valence-electron chi connectivity index (χ3n) is 2.12. The van der Waals surface area contributed by atoms with E-state index in [9.17, 15) is 0 Å². The minimum absolute atomic E-state index is 0.495. The van der Waals surface area contributed by atoms with Crippen molar-refractivity contribution in [1.82, 2.24) is 4.98 Å². The van der Waals surface area contributed by atoms with E-state index in [2.05, 4.69) is 20.9 Å². The highest BCUT2D eigenvalue weighted by atomic mass is 79.9. The van der Waals surface area contributed by atoms with Gasteiger partial charge >= 0.3 is 0 Å². The molecule has 15 heavy (non-hydrogen) atoms. The molecule has 4 heteroatoms. The first-order valence-corrected chi connectivity index (χ1v) is 5.79. The van der Waals surface area contributed by atoms with Gasteiger partial charge in [0, 0.05) is 27.9 Å². The zero-order valence-electron chi connectivity index (χ0n) is 8.13. The fourth-order valence-corrected chi connectivity index (χ4v) is 2.02. The average molecular weight is 287 g/mol. The fourth-order valence-electron chi connectivity index (χ4n) is 1.43. The molecule has 0 unspecified atom stereocenters. The van der Waals surface area contributed by atoms with Crippen LogP contribution in [0.25, 0.3) is 11.3 Å². The predicted octanol–water partition coefficient (Wildman–Crippen LogP) is 4.32. The van der Waals surface area contributed by atoms with E-state index in [4.69, 9.17) is 16.0 Å². The van der Waals surface area contributed by atoms with Crippen LogP contribution in [0.2, 0.25) is 5.02 Å². The van der Waals surface area contributed by atoms with Crippen molar-refractivity contribution in [3.8, 4) is 11.3 Å². The minimum atomic E-state index is 0.495. The molecule has 0 aliphatic carbocycles. The maximum atomic E-state index is 6.10. The van der Waals surface area contributed by atoms with E-state index in [1.165, 1.54) is 0 Å². The van der Waals surface area contributed by atoms with Gasteiger partial charge in [-0.2, -0.15) is 0 Å². The molecular formula is C11H9BrClNO. The molecule has 1 aromatic carbocycles. The van der Waals surface area contributed by atoms with Crippen molar-refractivity contribution < 1.29 is 4.42 Å². The molecule has 0 aliphatic heterocycles. The predicted molar refractivity (Wildman–Crippen MR) is 64.0 cm³/mol. The molecule has 2 aromatic rings. The lowest BCUT2D eigenvalue weighted by molar-refractivity contribution is 0.486. The first-order chi connectivity index (χ1) is 7.22. The summed E-state index contributed by atoms with van der Waals surface area (Å²) < 4.78 is 5.42. The van der Waals surface area contributed by atoms with Crippen molar-refractivity contribution in [2.45, 2.75) is 13.3 Å². The number of benzene rings is 1. The van der Waals surface area contributed by atoms with Crippen LogP contribution in [0.15, 0.2) is 33.5 Å². The smallest absolute Gasteiger partial charge is 0.264 e. The molecule has 1 aromatic heterocycles. The molecule has 0 aliphatic rings. The van der Waals surface area contributed by atoms with E-state index < -0.39 is 0 Å². The summed E-state index contributed by atoms with van der Waals surface area (Å²) >= 11 is 9.32. The summed E-state index contributed by atoms with van der Waals surface area (Å²) in [5.74, 6) is 0.843. The summed E-state index contributed by atoms with van der Waals surface area (Å²) in [6.07, 6.45) is 0.791. The topological polar surface area (TPSA) is 26.0 Å². The minimum Gasteiger partial charge on any atom is -0.436 e. The Bertz CT molecular complexity index is 481. The average Bonchev–Trinajstić information content (AvgIpc) is 2.60. The van der Waals surface area contributed by atoms with Gasteiger partial charge in [-0.25, -0.2) is 4.98 Å². The monoisotopic (exact) mass is 285 g/mol. The SMILES string of the molecule is CCc1oc(Br)nc1-c1ccccc1Cl. The molecule has 0 saturated heterocycles. The van der Waals surface area contributed by atoms with Crippen LogP contribution in [-0.4, -0.2) is 4.98 Å². The third kappa shape index (κ3) is 2.08. The molecule has 2 nitrogen and oxygen atoms in total. The van der Waals surface area contributed by atoms with Crippen molar-refractivity contribution in [2.24, 2.45) is 0 Å². The summed E-state index contributed by atoms with van der Waals surface area (Å²) in [5.41, 5.74) is 1.72. The van der Waals surface area contributed by atoms with Crippen molar-refractivity contribution in [3.05, 3.63) is 39.8 Å². The summed E-state index contributed by atoms with van der Waals surface area (Å²) in [6, 6.07) is 7.61. The number of halogens is 2. The van der Waals surface area contributed by atoms with Gasteiger partial charge in [0.25, 0.3) is 4.80 Å². The molecule has 0 atom stereocenters. The quantitative estimate of drug-likeness (QED) is 0.822. The van der Waals surface area contributed by atoms with Gasteiger partial charge in [-0.3, -0.25) is 0 Å². The molecule has 0 bridgehead atoms. The van der Waals surface area contributed by atoms with E-state index in [0.29, 0.717) is 9.82 Å². The Labute approximate surface area is 101 Å². The first kappa shape index (κ1) is 10.7. The summed E-state index contributed by atoms with van der Waals surface area (Å²) in [7, 11) is 0. The van der Waals surface area contributed by atoms with Gasteiger partial charge in [-0.15, -0.1) is 0 Å². The van der Waals surface area contributed by atoms with E-state index >= 15 is 0 Å². The van der Waals surface area contributed by atoms with Crippen LogP contribution in [0, 0.1) is 0 Å². The number of aryl methyl sites for hydroxylation is 1. The number of aromatic nitrogens is 1. The molecule has 0 spiro atoms. The number of oxazole rings is 1. The zero-order valence-corrected chi connectivity index (χ0v) is 10.5. The maximum Gasteiger partial charge on any atom is 0.264 e. The Balaban J connectivity index is 2.58. The molecule has 78 valence electrons. The highest BCUT2D eigenvalue weighted by molar-refractivity contribution is 9.10. The van der Waals surface area contributed by atoms with Gasteiger partial charge in [0.1, 0.15) is 11.5 Å². The standard InChI is InChI=1S/C11H9BrClNO/c1-2-9-10(14-11(12)15-9)7-5-3-4-6-8(7)13/h3-6H,2H2,1H3. The first-order valence-electron chi connectivity index (χ1n) is 4.62. The van der Waals surface area contributed by atoms with Crippen LogP contribution in [0.3, 0.4) is 0 Å². The third-order valence-corrected chi connectivity index (χ3v) is 2.79. The summed E-state index contributed by atoms with van der Waals surface area (Å²) in [5, 5.41) is 0.688. The lowest BCUT2D eigenvalue weighted by Gasteiger charge is -2.00. The molecule has 0 N–H and O–H groups in total. The maximum absolute atomic E-state index is 6.10. The number of hydrogen-bond acceptors (Lipinski definition) is 2. The van der Waals surface area contributed by atoms with Gasteiger partial charge < -0.3 is 4.42 Å². The molecule has 0 fully saturated rings. The second-order valence-electron chi connectivity index (χ2n) is 3.07. The van der Waals surface area contributed by atoms with Gasteiger partial charge in [-0.05, 0) is 6.07 Å². The van der Waals surface area contributed by atoms with Crippen LogP contribution in [0.1, 0.15) is 12.7 Å². The van der Waals surface area contributed by atoms with Crippen LogP contribution >= 0.6 is 27.5 Å². The lowest BCUT2D eigenvalue weighted by atomic mass is 10.1. The van der Waals surface area contributed by atoms with E-state index in [0.717, 1.165) is 23.4 Å². The van der Waals surface area contributed by atoms with Gasteiger partial charge in [0.2, 0.25) is 0 Å². The van der Waals surface area contributed by atoms with E-state index in [1.54, 1.807) is 0 Å². The highest BCUT2D eigenvalue weighted by Gasteiger charge is 2.14. The number of rotatable bonds is 2. The van der Waals surface area contributed by atoms with Crippen molar-refractivity contribution in [1.29, 1.82) is 0 Å². The van der Waals surface area contributed by atoms with E-state index in [-0.39, 0.29) is 0 Å². The van der Waals surface area contributed by atoms with Crippen molar-refractivity contribution in [2.75, 3.05) is 0 Å². The molecule has 0 radical (unpaired) electrons. The van der Waals surface area contributed by atoms with E-state index in [1.807, 2.05) is 31.2 Å². The van der Waals surface area contributed by atoms with Crippen LogP contribution in [0.4, 0.5) is 0 Å². The Hall–Kier alpha value is -0.800. The Morgan fingerprint density at radius 2 is 2.13 bits per heavy atom. The zero-order chi connectivity index (χ0) is 10.8. The molecule has 0 saturated carbocycles. The van der Waals surface area contributed by atoms with Crippen LogP contribution in [-0.2, 0) is 6.42 Å². The van der Waals surface area contributed by atoms with Crippen molar-refractivity contribution in [3.63, 3.8) is 0 Å². The second-order valence-corrected chi connectivity index (χ2v) is 4.16. The fraction of sp³-hybridized carbons (Fsp3) is 0.182. The largest absolute Gasteiger partial charge is 0.436 e. The Morgan fingerprint density at radius 3 is 2.80 bits per heavy atom. The Morgan fingerprint density at radius 1 is 1.40 bits per heavy atom. The van der Waals surface area contributed by atoms with Crippen LogP contribution in [0.5, 0.6) is 0 Å². The van der Waals surface area contributed by atoms with Crippen molar-refractivity contribution >= 4 is 27.5 Å². The lowest BCUT2D eigenvalue weighted by Crippen LogP contribution is -1.84. The van der Waals surface area contributed by atoms with Gasteiger partial charge in [0.15, 0.2) is 0 Å².